The van der Waals surface area contributed by atoms with E-state index in [-0.39, 0.29) is 24.7 Å². The molecule has 1 amide bonds. The predicted octanol–water partition coefficient (Wildman–Crippen LogP) is 0.793. The van der Waals surface area contributed by atoms with Crippen LogP contribution in [0.15, 0.2) is 12.1 Å². The van der Waals surface area contributed by atoms with Crippen molar-refractivity contribution >= 4 is 11.7 Å². The molecular weight excluding hydrogens is 326 g/mol. The molecule has 2 atom stereocenters. The minimum Gasteiger partial charge on any atom is -0.493 e. The van der Waals surface area contributed by atoms with Crippen LogP contribution < -0.4 is 9.47 Å². The zero-order chi connectivity index (χ0) is 18.8. The number of carbonyl (C=O) groups excluding carboxylic acids is 2. The fourth-order valence-corrected chi connectivity index (χ4v) is 2.92. The van der Waals surface area contributed by atoms with Gasteiger partial charge in [-0.25, -0.2) is 0 Å². The number of Topliss-reactive ketones (excluding diaryl/α,β-unsaturated/α-hetero) is 1. The molecule has 0 aliphatic carbocycles. The van der Waals surface area contributed by atoms with E-state index >= 15 is 0 Å². The Balaban J connectivity index is 2.24. The third-order valence-electron chi connectivity index (χ3n) is 4.68. The second kappa shape index (κ2) is 7.41. The average molecular weight is 351 g/mol. The standard InChI is InChI=1S/C18H25NO6/c1-11(20)13-9-15(25-4)14(24-3)7-12(13)8-17(22)19-6-5-18(2,23)16(21)10-19/h7,9,16,21,23H,5-6,8,10H2,1-4H3/t16-,18-/m1/s1. The molecule has 0 saturated carbocycles. The summed E-state index contributed by atoms with van der Waals surface area (Å²) in [6, 6.07) is 3.20. The molecule has 1 aromatic rings. The molecule has 1 aromatic carbocycles. The first-order chi connectivity index (χ1) is 11.7. The number of hydrogen-bond donors (Lipinski definition) is 2. The highest BCUT2D eigenvalue weighted by Gasteiger charge is 2.37. The van der Waals surface area contributed by atoms with Gasteiger partial charge in [0.1, 0.15) is 0 Å². The van der Waals surface area contributed by atoms with E-state index in [0.29, 0.717) is 35.6 Å². The highest BCUT2D eigenvalue weighted by atomic mass is 16.5. The van der Waals surface area contributed by atoms with Gasteiger partial charge in [-0.1, -0.05) is 0 Å². The van der Waals surface area contributed by atoms with Crippen molar-refractivity contribution in [3.63, 3.8) is 0 Å². The lowest BCUT2D eigenvalue weighted by Gasteiger charge is -2.40. The number of rotatable bonds is 5. The van der Waals surface area contributed by atoms with Crippen LogP contribution in [0.25, 0.3) is 0 Å². The van der Waals surface area contributed by atoms with E-state index in [1.807, 2.05) is 0 Å². The molecule has 0 unspecified atom stereocenters. The number of methoxy groups -OCH3 is 2. The maximum atomic E-state index is 12.6. The molecule has 25 heavy (non-hydrogen) atoms. The molecule has 1 aliphatic rings. The summed E-state index contributed by atoms with van der Waals surface area (Å²) in [5, 5.41) is 20.0. The molecule has 1 heterocycles. The van der Waals surface area contributed by atoms with Gasteiger partial charge in [0.25, 0.3) is 0 Å². The maximum absolute atomic E-state index is 12.6. The molecule has 0 bridgehead atoms. The molecule has 2 N–H and O–H groups in total. The van der Waals surface area contributed by atoms with Crippen LogP contribution in [0, 0.1) is 0 Å². The summed E-state index contributed by atoms with van der Waals surface area (Å²) in [6.07, 6.45) is -0.696. The van der Waals surface area contributed by atoms with Crippen molar-refractivity contribution in [3.05, 3.63) is 23.3 Å². The van der Waals surface area contributed by atoms with Crippen LogP contribution in [0.5, 0.6) is 11.5 Å². The van der Waals surface area contributed by atoms with Crippen LogP contribution in [-0.4, -0.2) is 65.8 Å². The number of piperidine rings is 1. The van der Waals surface area contributed by atoms with Crippen molar-refractivity contribution in [2.45, 2.75) is 38.4 Å². The Bertz CT molecular complexity index is 670. The highest BCUT2D eigenvalue weighted by Crippen LogP contribution is 2.31. The summed E-state index contributed by atoms with van der Waals surface area (Å²) in [7, 11) is 2.97. The molecule has 2 rings (SSSR count). The normalized spacial score (nSPS) is 23.3. The number of amides is 1. The number of nitrogens with zero attached hydrogens (tertiary/aromatic N) is 1. The zero-order valence-electron chi connectivity index (χ0n) is 15.0. The largest absolute Gasteiger partial charge is 0.493 e. The lowest BCUT2D eigenvalue weighted by atomic mass is 9.90. The van der Waals surface area contributed by atoms with Gasteiger partial charge in [-0.05, 0) is 38.0 Å². The van der Waals surface area contributed by atoms with Gasteiger partial charge in [-0.15, -0.1) is 0 Å². The van der Waals surface area contributed by atoms with E-state index in [0.717, 1.165) is 0 Å². The van der Waals surface area contributed by atoms with Gasteiger partial charge in [0.2, 0.25) is 5.91 Å². The number of hydrogen-bond acceptors (Lipinski definition) is 6. The van der Waals surface area contributed by atoms with Gasteiger partial charge in [0, 0.05) is 18.7 Å². The Hall–Kier alpha value is -2.12. The number of aliphatic hydroxyl groups excluding tert-OH is 1. The van der Waals surface area contributed by atoms with Crippen molar-refractivity contribution in [3.8, 4) is 11.5 Å². The summed E-state index contributed by atoms with van der Waals surface area (Å²) in [6.45, 7) is 3.40. The minimum absolute atomic E-state index is 0.00410. The average Bonchev–Trinajstić information content (AvgIpc) is 2.56. The number of ether oxygens (including phenoxy) is 2. The number of likely N-dealkylation sites (tertiary alicyclic amines) is 1. The van der Waals surface area contributed by atoms with E-state index in [1.54, 1.807) is 19.1 Å². The van der Waals surface area contributed by atoms with Crippen molar-refractivity contribution < 1.29 is 29.3 Å². The maximum Gasteiger partial charge on any atom is 0.227 e. The van der Waals surface area contributed by atoms with Crippen LogP contribution >= 0.6 is 0 Å². The van der Waals surface area contributed by atoms with E-state index in [4.69, 9.17) is 9.47 Å². The van der Waals surface area contributed by atoms with Gasteiger partial charge >= 0.3 is 0 Å². The highest BCUT2D eigenvalue weighted by molar-refractivity contribution is 5.97. The Morgan fingerprint density at radius 1 is 1.28 bits per heavy atom. The monoisotopic (exact) mass is 351 g/mol. The SMILES string of the molecule is COc1cc(CC(=O)N2CC[C@@](C)(O)[C@H](O)C2)c(C(C)=O)cc1OC. The Morgan fingerprint density at radius 3 is 2.40 bits per heavy atom. The topological polar surface area (TPSA) is 96.3 Å². The second-order valence-electron chi connectivity index (χ2n) is 6.56. The summed E-state index contributed by atoms with van der Waals surface area (Å²) < 4.78 is 10.5. The quantitative estimate of drug-likeness (QED) is 0.762. The number of ketones is 1. The van der Waals surface area contributed by atoms with Crippen molar-refractivity contribution in [2.75, 3.05) is 27.3 Å². The summed E-state index contributed by atoms with van der Waals surface area (Å²) in [5.74, 6) is 0.472. The van der Waals surface area contributed by atoms with E-state index in [1.165, 1.54) is 26.0 Å². The third kappa shape index (κ3) is 4.11. The van der Waals surface area contributed by atoms with Crippen molar-refractivity contribution in [1.82, 2.24) is 4.90 Å². The lowest BCUT2D eigenvalue weighted by Crippen LogP contribution is -2.55. The van der Waals surface area contributed by atoms with Crippen LogP contribution in [0.3, 0.4) is 0 Å². The summed E-state index contributed by atoms with van der Waals surface area (Å²) >= 11 is 0. The van der Waals surface area contributed by atoms with Gasteiger partial charge in [0.05, 0.1) is 32.3 Å². The molecule has 7 heteroatoms. The van der Waals surface area contributed by atoms with Crippen LogP contribution in [0.4, 0.5) is 0 Å². The smallest absolute Gasteiger partial charge is 0.227 e. The van der Waals surface area contributed by atoms with E-state index < -0.39 is 11.7 Å². The van der Waals surface area contributed by atoms with Gasteiger partial charge in [-0.2, -0.15) is 0 Å². The molecule has 138 valence electrons. The number of benzene rings is 1. The molecule has 7 nitrogen and oxygen atoms in total. The summed E-state index contributed by atoms with van der Waals surface area (Å²) in [4.78, 5) is 26.0. The number of β-amino-alcohol motifs (C(OH)–C–C–N with tert-alkyl or cyclic N) is 1. The summed E-state index contributed by atoms with van der Waals surface area (Å²) in [5.41, 5.74) is -0.248. The van der Waals surface area contributed by atoms with Crippen LogP contribution in [-0.2, 0) is 11.2 Å². The lowest BCUT2D eigenvalue weighted by molar-refractivity contribution is -0.145. The van der Waals surface area contributed by atoms with Crippen molar-refractivity contribution in [1.29, 1.82) is 0 Å². The first-order valence-electron chi connectivity index (χ1n) is 8.13. The Morgan fingerprint density at radius 2 is 1.88 bits per heavy atom. The van der Waals surface area contributed by atoms with Gasteiger partial charge in [-0.3, -0.25) is 9.59 Å². The van der Waals surface area contributed by atoms with Crippen LogP contribution in [0.2, 0.25) is 0 Å². The first kappa shape index (κ1) is 19.2. The van der Waals surface area contributed by atoms with E-state index in [2.05, 4.69) is 0 Å². The minimum atomic E-state index is -1.19. The zero-order valence-corrected chi connectivity index (χ0v) is 15.0. The van der Waals surface area contributed by atoms with Crippen molar-refractivity contribution in [2.24, 2.45) is 0 Å². The molecular formula is C18H25NO6. The Kier molecular flexibility index (Phi) is 5.69. The molecule has 1 saturated heterocycles. The molecule has 0 aromatic heterocycles. The van der Waals surface area contributed by atoms with Gasteiger partial charge < -0.3 is 24.6 Å². The number of aliphatic hydroxyl groups is 2. The first-order valence-corrected chi connectivity index (χ1v) is 8.13. The van der Waals surface area contributed by atoms with Crippen LogP contribution in [0.1, 0.15) is 36.2 Å². The Labute approximate surface area is 147 Å². The fraction of sp³-hybridized carbons (Fsp3) is 0.556. The number of carbonyl (C=O) groups is 2. The molecule has 1 fully saturated rings. The third-order valence-corrected chi connectivity index (χ3v) is 4.68. The molecule has 0 spiro atoms. The molecule has 0 radical (unpaired) electrons. The molecule has 1 aliphatic heterocycles. The van der Waals surface area contributed by atoms with E-state index in [9.17, 15) is 19.8 Å². The fourth-order valence-electron chi connectivity index (χ4n) is 2.92. The second-order valence-corrected chi connectivity index (χ2v) is 6.56. The van der Waals surface area contributed by atoms with Gasteiger partial charge in [0.15, 0.2) is 17.3 Å². The predicted molar refractivity (Wildman–Crippen MR) is 91.1 cm³/mol.